The number of nitrogens with zero attached hydrogens (tertiary/aromatic N) is 1. The van der Waals surface area contributed by atoms with Gasteiger partial charge in [0.25, 0.3) is 0 Å². The Bertz CT molecular complexity index is 866. The Kier molecular flexibility index (Phi) is 2.51. The van der Waals surface area contributed by atoms with Gasteiger partial charge in [-0.2, -0.15) is 0 Å². The van der Waals surface area contributed by atoms with E-state index in [2.05, 4.69) is 4.98 Å². The van der Waals surface area contributed by atoms with Crippen molar-refractivity contribution in [1.82, 2.24) is 4.98 Å². The maximum absolute atomic E-state index is 12.8. The van der Waals surface area contributed by atoms with E-state index in [0.29, 0.717) is 0 Å². The molecule has 3 aromatic rings. The molecule has 0 unspecified atom stereocenters. The molecule has 100 valence electrons. The highest BCUT2D eigenvalue weighted by atomic mass is 16.1. The monoisotopic (exact) mass is 271 g/mol. The van der Waals surface area contributed by atoms with Crippen molar-refractivity contribution < 1.29 is 4.79 Å². The number of hydrogen-bond donors (Lipinski definition) is 0. The van der Waals surface area contributed by atoms with Crippen LogP contribution in [0.5, 0.6) is 0 Å². The molecule has 0 fully saturated rings. The van der Waals surface area contributed by atoms with Crippen molar-refractivity contribution in [1.29, 1.82) is 0 Å². The van der Waals surface area contributed by atoms with Gasteiger partial charge in [-0.1, -0.05) is 54.6 Å². The number of aryl methyl sites for hydroxylation is 1. The first-order valence-corrected chi connectivity index (χ1v) is 6.97. The first-order chi connectivity index (χ1) is 10.3. The van der Waals surface area contributed by atoms with Crippen LogP contribution in [0.2, 0.25) is 0 Å². The molecule has 0 aliphatic heterocycles. The number of pyridine rings is 1. The molecule has 2 aromatic carbocycles. The summed E-state index contributed by atoms with van der Waals surface area (Å²) in [4.78, 5) is 17.4. The molecule has 2 nitrogen and oxygen atoms in total. The molecule has 0 N–H and O–H groups in total. The highest BCUT2D eigenvalue weighted by molar-refractivity contribution is 6.24. The van der Waals surface area contributed by atoms with E-state index in [-0.39, 0.29) is 5.78 Å². The van der Waals surface area contributed by atoms with Crippen molar-refractivity contribution in [2.45, 2.75) is 6.92 Å². The zero-order valence-corrected chi connectivity index (χ0v) is 11.6. The van der Waals surface area contributed by atoms with E-state index in [1.54, 1.807) is 0 Å². The number of rotatable bonds is 1. The Morgan fingerprint density at radius 3 is 2.24 bits per heavy atom. The van der Waals surface area contributed by atoms with Gasteiger partial charge in [0.2, 0.25) is 0 Å². The molecule has 0 atom stereocenters. The van der Waals surface area contributed by atoms with E-state index in [1.165, 1.54) is 0 Å². The molecular weight excluding hydrogens is 258 g/mol. The SMILES string of the molecule is Cc1cc(-c2ccccc2)c2c(n1)-c1ccccc1C2=O. The van der Waals surface area contributed by atoms with Gasteiger partial charge in [0.15, 0.2) is 5.78 Å². The molecule has 4 rings (SSSR count). The van der Waals surface area contributed by atoms with Crippen LogP contribution in [0.1, 0.15) is 21.6 Å². The van der Waals surface area contributed by atoms with Gasteiger partial charge >= 0.3 is 0 Å². The summed E-state index contributed by atoms with van der Waals surface area (Å²) in [6, 6.07) is 19.7. The molecule has 0 radical (unpaired) electrons. The number of carbonyl (C=O) groups excluding carboxylic acids is 1. The van der Waals surface area contributed by atoms with E-state index in [1.807, 2.05) is 67.6 Å². The molecular formula is C19H13NO. The predicted octanol–water partition coefficient (Wildman–Crippen LogP) is 4.27. The van der Waals surface area contributed by atoms with Crippen molar-refractivity contribution in [3.63, 3.8) is 0 Å². The normalized spacial score (nSPS) is 12.1. The molecule has 2 heteroatoms. The summed E-state index contributed by atoms with van der Waals surface area (Å²) < 4.78 is 0. The third-order valence-electron chi connectivity index (χ3n) is 3.89. The second kappa shape index (κ2) is 4.38. The van der Waals surface area contributed by atoms with E-state index < -0.39 is 0 Å². The van der Waals surface area contributed by atoms with Crippen LogP contribution >= 0.6 is 0 Å². The van der Waals surface area contributed by atoms with E-state index in [9.17, 15) is 4.79 Å². The lowest BCUT2D eigenvalue weighted by molar-refractivity contribution is 0.104. The number of benzene rings is 2. The lowest BCUT2D eigenvalue weighted by atomic mass is 9.97. The average Bonchev–Trinajstić information content (AvgIpc) is 2.81. The Morgan fingerprint density at radius 1 is 0.810 bits per heavy atom. The number of hydrogen-bond acceptors (Lipinski definition) is 2. The van der Waals surface area contributed by atoms with Gasteiger partial charge in [-0.05, 0) is 24.1 Å². The predicted molar refractivity (Wildman–Crippen MR) is 83.3 cm³/mol. The minimum Gasteiger partial charge on any atom is -0.288 e. The Morgan fingerprint density at radius 2 is 1.48 bits per heavy atom. The number of carbonyl (C=O) groups is 1. The van der Waals surface area contributed by atoms with Gasteiger partial charge in [-0.15, -0.1) is 0 Å². The van der Waals surface area contributed by atoms with Crippen LogP contribution in [0, 0.1) is 6.92 Å². The lowest BCUT2D eigenvalue weighted by Crippen LogP contribution is -2.00. The standard InChI is InChI=1S/C19H13NO/c1-12-11-16(13-7-3-2-4-8-13)17-18(20-12)14-9-5-6-10-15(14)19(17)21/h2-11H,1H3. The van der Waals surface area contributed by atoms with Crippen LogP contribution in [0.3, 0.4) is 0 Å². The Balaban J connectivity index is 2.06. The number of ketones is 1. The van der Waals surface area contributed by atoms with E-state index in [4.69, 9.17) is 0 Å². The molecule has 1 aliphatic carbocycles. The third-order valence-corrected chi connectivity index (χ3v) is 3.89. The summed E-state index contributed by atoms with van der Waals surface area (Å²) in [5.74, 6) is 0.0759. The molecule has 1 heterocycles. The Hall–Kier alpha value is -2.74. The first kappa shape index (κ1) is 12.0. The largest absolute Gasteiger partial charge is 0.288 e. The van der Waals surface area contributed by atoms with E-state index in [0.717, 1.165) is 39.2 Å². The van der Waals surface area contributed by atoms with Crippen molar-refractivity contribution in [3.8, 4) is 22.4 Å². The van der Waals surface area contributed by atoms with Gasteiger partial charge in [-0.25, -0.2) is 0 Å². The zero-order valence-electron chi connectivity index (χ0n) is 11.6. The summed E-state index contributed by atoms with van der Waals surface area (Å²) in [6.45, 7) is 1.97. The summed E-state index contributed by atoms with van der Waals surface area (Å²) in [6.07, 6.45) is 0. The van der Waals surface area contributed by atoms with Gasteiger partial charge in [0, 0.05) is 16.8 Å². The fourth-order valence-corrected chi connectivity index (χ4v) is 2.97. The third kappa shape index (κ3) is 1.73. The molecule has 1 aliphatic rings. The van der Waals surface area contributed by atoms with Crippen LogP contribution in [0.15, 0.2) is 60.7 Å². The van der Waals surface area contributed by atoms with Crippen molar-refractivity contribution in [3.05, 3.63) is 77.5 Å². The van der Waals surface area contributed by atoms with Gasteiger partial charge in [0.1, 0.15) is 0 Å². The molecule has 0 saturated heterocycles. The maximum atomic E-state index is 12.8. The molecule has 0 spiro atoms. The second-order valence-corrected chi connectivity index (χ2v) is 5.28. The second-order valence-electron chi connectivity index (χ2n) is 5.28. The van der Waals surface area contributed by atoms with Crippen LogP contribution in [-0.4, -0.2) is 10.8 Å². The highest BCUT2D eigenvalue weighted by Gasteiger charge is 2.30. The summed E-state index contributed by atoms with van der Waals surface area (Å²) in [5.41, 5.74) is 6.19. The van der Waals surface area contributed by atoms with Crippen molar-refractivity contribution in [2.24, 2.45) is 0 Å². The molecule has 0 amide bonds. The van der Waals surface area contributed by atoms with Crippen LogP contribution in [0.4, 0.5) is 0 Å². The van der Waals surface area contributed by atoms with E-state index >= 15 is 0 Å². The van der Waals surface area contributed by atoms with Crippen LogP contribution in [-0.2, 0) is 0 Å². The quantitative estimate of drug-likeness (QED) is 0.517. The van der Waals surface area contributed by atoms with Gasteiger partial charge < -0.3 is 0 Å². The molecule has 1 aromatic heterocycles. The minimum absolute atomic E-state index is 0.0759. The molecule has 0 saturated carbocycles. The molecule has 0 bridgehead atoms. The number of aromatic nitrogens is 1. The summed E-state index contributed by atoms with van der Waals surface area (Å²) in [5, 5.41) is 0. The topological polar surface area (TPSA) is 30.0 Å². The highest BCUT2D eigenvalue weighted by Crippen LogP contribution is 2.40. The fraction of sp³-hybridized carbons (Fsp3) is 0.0526. The lowest BCUT2D eigenvalue weighted by Gasteiger charge is -2.09. The average molecular weight is 271 g/mol. The zero-order chi connectivity index (χ0) is 14.4. The van der Waals surface area contributed by atoms with Crippen LogP contribution < -0.4 is 0 Å². The fourth-order valence-electron chi connectivity index (χ4n) is 2.97. The minimum atomic E-state index is 0.0759. The molecule has 21 heavy (non-hydrogen) atoms. The van der Waals surface area contributed by atoms with Gasteiger partial charge in [-0.3, -0.25) is 9.78 Å². The summed E-state index contributed by atoms with van der Waals surface area (Å²) in [7, 11) is 0. The smallest absolute Gasteiger partial charge is 0.196 e. The Labute approximate surface area is 123 Å². The van der Waals surface area contributed by atoms with Crippen LogP contribution in [0.25, 0.3) is 22.4 Å². The number of fused-ring (bicyclic) bond motifs is 3. The summed E-state index contributed by atoms with van der Waals surface area (Å²) >= 11 is 0. The maximum Gasteiger partial charge on any atom is 0.196 e. The first-order valence-electron chi connectivity index (χ1n) is 6.97. The van der Waals surface area contributed by atoms with Crippen molar-refractivity contribution >= 4 is 5.78 Å². The van der Waals surface area contributed by atoms with Crippen molar-refractivity contribution in [2.75, 3.05) is 0 Å². The van der Waals surface area contributed by atoms with Gasteiger partial charge in [0.05, 0.1) is 11.3 Å².